The first-order valence-corrected chi connectivity index (χ1v) is 5.94. The van der Waals surface area contributed by atoms with Gasteiger partial charge in [0.05, 0.1) is 5.30 Å². The maximum Gasteiger partial charge on any atom is 0.356 e. The molecular formula is C10H10NO3P. The van der Waals surface area contributed by atoms with E-state index >= 15 is 0 Å². The van der Waals surface area contributed by atoms with Gasteiger partial charge in [-0.3, -0.25) is 4.57 Å². The van der Waals surface area contributed by atoms with Gasteiger partial charge in [0.2, 0.25) is 0 Å². The summed E-state index contributed by atoms with van der Waals surface area (Å²) in [6.45, 7) is 0. The third kappa shape index (κ3) is 1.88. The van der Waals surface area contributed by atoms with Crippen molar-refractivity contribution in [1.29, 1.82) is 0 Å². The minimum Gasteiger partial charge on any atom is -0.398 e. The average molecular weight is 223 g/mol. The van der Waals surface area contributed by atoms with Crippen LogP contribution < -0.4 is 11.0 Å². The number of benzene rings is 2. The molecule has 0 spiro atoms. The van der Waals surface area contributed by atoms with E-state index in [1.165, 1.54) is 12.1 Å². The largest absolute Gasteiger partial charge is 0.398 e. The first kappa shape index (κ1) is 10.2. The fraction of sp³-hybridized carbons (Fsp3) is 0. The number of anilines is 1. The minimum atomic E-state index is -4.18. The number of rotatable bonds is 1. The molecule has 0 bridgehead atoms. The zero-order chi connectivity index (χ0) is 11.1. The van der Waals surface area contributed by atoms with Crippen molar-refractivity contribution in [1.82, 2.24) is 0 Å². The van der Waals surface area contributed by atoms with Gasteiger partial charge in [-0.15, -0.1) is 0 Å². The second kappa shape index (κ2) is 3.35. The Morgan fingerprint density at radius 3 is 2.53 bits per heavy atom. The number of hydrogen-bond acceptors (Lipinski definition) is 2. The van der Waals surface area contributed by atoms with Crippen LogP contribution >= 0.6 is 7.60 Å². The van der Waals surface area contributed by atoms with Crippen LogP contribution in [0.3, 0.4) is 0 Å². The Kier molecular flexibility index (Phi) is 2.27. The Morgan fingerprint density at radius 1 is 1.13 bits per heavy atom. The van der Waals surface area contributed by atoms with Gasteiger partial charge in [-0.2, -0.15) is 0 Å². The van der Waals surface area contributed by atoms with Gasteiger partial charge in [-0.05, 0) is 23.6 Å². The summed E-state index contributed by atoms with van der Waals surface area (Å²) in [5.74, 6) is 0. The van der Waals surface area contributed by atoms with Crippen LogP contribution in [0.15, 0.2) is 36.4 Å². The van der Waals surface area contributed by atoms with Crippen molar-refractivity contribution in [3.63, 3.8) is 0 Å². The van der Waals surface area contributed by atoms with Gasteiger partial charge in [0.25, 0.3) is 0 Å². The third-order valence-corrected chi connectivity index (χ3v) is 3.18. The van der Waals surface area contributed by atoms with Gasteiger partial charge in [-0.1, -0.05) is 18.2 Å². The standard InChI is InChI=1S/C10H10NO3P/c11-10-3-1-2-7-6-8(15(12,13)14)4-5-9(7)10/h1-6H,11H2,(H2,12,13,14). The molecule has 0 amide bonds. The van der Waals surface area contributed by atoms with E-state index in [2.05, 4.69) is 0 Å². The molecule has 5 heteroatoms. The average Bonchev–Trinajstić information content (AvgIpc) is 2.16. The predicted molar refractivity (Wildman–Crippen MR) is 60.0 cm³/mol. The molecule has 0 aliphatic heterocycles. The molecule has 0 aliphatic carbocycles. The van der Waals surface area contributed by atoms with Gasteiger partial charge in [-0.25, -0.2) is 0 Å². The Hall–Kier alpha value is -1.35. The lowest BCUT2D eigenvalue weighted by atomic mass is 10.1. The summed E-state index contributed by atoms with van der Waals surface area (Å²) in [5, 5.41) is 1.55. The molecular weight excluding hydrogens is 213 g/mol. The highest BCUT2D eigenvalue weighted by Crippen LogP contribution is 2.34. The molecule has 0 unspecified atom stereocenters. The first-order valence-electron chi connectivity index (χ1n) is 4.33. The van der Waals surface area contributed by atoms with E-state index in [0.29, 0.717) is 5.69 Å². The highest BCUT2D eigenvalue weighted by molar-refractivity contribution is 7.60. The van der Waals surface area contributed by atoms with Gasteiger partial charge >= 0.3 is 7.60 Å². The highest BCUT2D eigenvalue weighted by Gasteiger charge is 2.16. The smallest absolute Gasteiger partial charge is 0.356 e. The van der Waals surface area contributed by atoms with E-state index in [4.69, 9.17) is 15.5 Å². The predicted octanol–water partition coefficient (Wildman–Crippen LogP) is 1.22. The monoisotopic (exact) mass is 223 g/mol. The number of fused-ring (bicyclic) bond motifs is 1. The molecule has 0 fully saturated rings. The van der Waals surface area contributed by atoms with E-state index in [0.717, 1.165) is 10.8 Å². The zero-order valence-electron chi connectivity index (χ0n) is 7.79. The second-order valence-electron chi connectivity index (χ2n) is 3.30. The molecule has 78 valence electrons. The summed E-state index contributed by atoms with van der Waals surface area (Å²) in [6.07, 6.45) is 0. The van der Waals surface area contributed by atoms with E-state index in [9.17, 15) is 4.57 Å². The lowest BCUT2D eigenvalue weighted by molar-refractivity contribution is 0.387. The van der Waals surface area contributed by atoms with Gasteiger partial charge in [0.1, 0.15) is 0 Å². The van der Waals surface area contributed by atoms with Crippen LogP contribution in [0, 0.1) is 0 Å². The molecule has 4 nitrogen and oxygen atoms in total. The fourth-order valence-corrected chi connectivity index (χ4v) is 2.05. The molecule has 2 aromatic carbocycles. The van der Waals surface area contributed by atoms with Crippen LogP contribution in [-0.2, 0) is 4.57 Å². The minimum absolute atomic E-state index is 0.0144. The number of hydrogen-bond donors (Lipinski definition) is 3. The molecule has 4 N–H and O–H groups in total. The van der Waals surface area contributed by atoms with E-state index < -0.39 is 7.60 Å². The Morgan fingerprint density at radius 2 is 1.87 bits per heavy atom. The molecule has 0 atom stereocenters. The summed E-state index contributed by atoms with van der Waals surface area (Å²) in [7, 11) is -4.18. The van der Waals surface area contributed by atoms with E-state index in [1.807, 2.05) is 0 Å². The van der Waals surface area contributed by atoms with Crippen molar-refractivity contribution < 1.29 is 14.4 Å². The molecule has 0 heterocycles. The van der Waals surface area contributed by atoms with Gasteiger partial charge in [0, 0.05) is 11.1 Å². The summed E-state index contributed by atoms with van der Waals surface area (Å²) in [4.78, 5) is 18.0. The summed E-state index contributed by atoms with van der Waals surface area (Å²) in [5.41, 5.74) is 6.32. The molecule has 2 rings (SSSR count). The SMILES string of the molecule is Nc1cccc2cc(P(=O)(O)O)ccc12. The quantitative estimate of drug-likeness (QED) is 0.501. The van der Waals surface area contributed by atoms with Crippen molar-refractivity contribution in [2.24, 2.45) is 0 Å². The number of nitrogen functional groups attached to an aromatic ring is 1. The molecule has 0 radical (unpaired) electrons. The van der Waals surface area contributed by atoms with Gasteiger partial charge in [0.15, 0.2) is 0 Å². The Labute approximate surface area is 86.5 Å². The van der Waals surface area contributed by atoms with Crippen LogP contribution in [0.2, 0.25) is 0 Å². The van der Waals surface area contributed by atoms with E-state index in [1.54, 1.807) is 24.3 Å². The van der Waals surface area contributed by atoms with Crippen molar-refractivity contribution >= 4 is 29.4 Å². The summed E-state index contributed by atoms with van der Waals surface area (Å²) < 4.78 is 11.0. The fourth-order valence-electron chi connectivity index (χ4n) is 1.48. The van der Waals surface area contributed by atoms with Crippen molar-refractivity contribution in [3.05, 3.63) is 36.4 Å². The van der Waals surface area contributed by atoms with Gasteiger partial charge < -0.3 is 15.5 Å². The lowest BCUT2D eigenvalue weighted by Gasteiger charge is -2.06. The number of nitrogens with two attached hydrogens (primary N) is 1. The second-order valence-corrected chi connectivity index (χ2v) is 4.90. The summed E-state index contributed by atoms with van der Waals surface area (Å²) >= 11 is 0. The molecule has 0 aliphatic rings. The Balaban J connectivity index is 2.73. The molecule has 0 saturated heterocycles. The normalized spacial score (nSPS) is 11.9. The first-order chi connectivity index (χ1) is 6.98. The molecule has 15 heavy (non-hydrogen) atoms. The third-order valence-electron chi connectivity index (χ3n) is 2.23. The van der Waals surface area contributed by atoms with Crippen molar-refractivity contribution in [2.75, 3.05) is 5.73 Å². The Bertz CT molecular complexity index is 562. The summed E-state index contributed by atoms with van der Waals surface area (Å²) in [6, 6.07) is 9.76. The van der Waals surface area contributed by atoms with Crippen LogP contribution in [-0.4, -0.2) is 9.79 Å². The van der Waals surface area contributed by atoms with Crippen molar-refractivity contribution in [3.8, 4) is 0 Å². The zero-order valence-corrected chi connectivity index (χ0v) is 8.69. The lowest BCUT2D eigenvalue weighted by Crippen LogP contribution is -2.03. The van der Waals surface area contributed by atoms with Crippen LogP contribution in [0.1, 0.15) is 0 Å². The topological polar surface area (TPSA) is 83.6 Å². The molecule has 0 saturated carbocycles. The van der Waals surface area contributed by atoms with Crippen LogP contribution in [0.5, 0.6) is 0 Å². The molecule has 0 aromatic heterocycles. The highest BCUT2D eigenvalue weighted by atomic mass is 31.2. The van der Waals surface area contributed by atoms with Crippen LogP contribution in [0.4, 0.5) is 5.69 Å². The maximum atomic E-state index is 11.0. The van der Waals surface area contributed by atoms with E-state index in [-0.39, 0.29) is 5.30 Å². The van der Waals surface area contributed by atoms with Crippen LogP contribution in [0.25, 0.3) is 10.8 Å². The maximum absolute atomic E-state index is 11.0. The molecule has 2 aromatic rings. The van der Waals surface area contributed by atoms with Crippen molar-refractivity contribution in [2.45, 2.75) is 0 Å².